The largest absolute Gasteiger partial charge is 0.484 e. The second kappa shape index (κ2) is 7.73. The number of rotatable bonds is 6. The van der Waals surface area contributed by atoms with Crippen LogP contribution in [0.3, 0.4) is 0 Å². The summed E-state index contributed by atoms with van der Waals surface area (Å²) in [6.45, 7) is -1.26. The molecule has 1 fully saturated rings. The minimum atomic E-state index is -4.45. The first-order valence-electron chi connectivity index (χ1n) is 7.53. The minimum absolute atomic E-state index is 0.00593. The molecule has 1 saturated heterocycles. The Labute approximate surface area is 142 Å². The van der Waals surface area contributed by atoms with E-state index in [1.54, 1.807) is 6.07 Å². The molecule has 0 aliphatic carbocycles. The van der Waals surface area contributed by atoms with Crippen molar-refractivity contribution in [2.75, 3.05) is 20.3 Å². The molecular weight excluding hydrogens is 343 g/mol. The number of halogens is 3. The summed E-state index contributed by atoms with van der Waals surface area (Å²) in [4.78, 5) is 24.9. The first-order chi connectivity index (χ1) is 11.7. The highest BCUT2D eigenvalue weighted by Crippen LogP contribution is 2.23. The maximum absolute atomic E-state index is 12.4. The van der Waals surface area contributed by atoms with E-state index in [-0.39, 0.29) is 31.2 Å². The summed E-state index contributed by atoms with van der Waals surface area (Å²) in [6, 6.07) is 4.77. The molecule has 6 nitrogen and oxygen atoms in total. The lowest BCUT2D eigenvalue weighted by atomic mass is 10.1. The summed E-state index contributed by atoms with van der Waals surface area (Å²) < 4.78 is 46.3. The number of likely N-dealkylation sites (tertiary alicyclic amines) is 1. The van der Waals surface area contributed by atoms with Crippen LogP contribution in [0.1, 0.15) is 12.0 Å². The SMILES string of the molecule is COC1CC(C(=O)O)N(C(=O)Cc2cccc(OCC(F)(F)F)c2)C1. The van der Waals surface area contributed by atoms with Crippen LogP contribution in [0.4, 0.5) is 13.2 Å². The fraction of sp³-hybridized carbons (Fsp3) is 0.500. The van der Waals surface area contributed by atoms with Crippen LogP contribution in [0.5, 0.6) is 5.75 Å². The van der Waals surface area contributed by atoms with Crippen molar-refractivity contribution in [1.82, 2.24) is 4.90 Å². The third kappa shape index (κ3) is 5.35. The zero-order valence-electron chi connectivity index (χ0n) is 13.5. The zero-order chi connectivity index (χ0) is 18.6. The number of carboxylic acids is 1. The molecule has 1 aliphatic rings. The van der Waals surface area contributed by atoms with Crippen LogP contribution in [0.15, 0.2) is 24.3 Å². The third-order valence-electron chi connectivity index (χ3n) is 3.86. The number of methoxy groups -OCH3 is 1. The van der Waals surface area contributed by atoms with E-state index in [0.29, 0.717) is 5.56 Å². The Bertz CT molecular complexity index is 634. The molecule has 1 N–H and O–H groups in total. The number of nitrogens with zero attached hydrogens (tertiary/aromatic N) is 1. The van der Waals surface area contributed by atoms with Gasteiger partial charge in [0.1, 0.15) is 11.8 Å². The van der Waals surface area contributed by atoms with Crippen molar-refractivity contribution in [2.45, 2.75) is 31.2 Å². The highest BCUT2D eigenvalue weighted by atomic mass is 19.4. The van der Waals surface area contributed by atoms with Gasteiger partial charge in [-0.3, -0.25) is 4.79 Å². The van der Waals surface area contributed by atoms with Crippen LogP contribution in [0.25, 0.3) is 0 Å². The third-order valence-corrected chi connectivity index (χ3v) is 3.86. The highest BCUT2D eigenvalue weighted by Gasteiger charge is 2.39. The van der Waals surface area contributed by atoms with Crippen LogP contribution in [-0.4, -0.2) is 60.5 Å². The molecular formula is C16H18F3NO5. The van der Waals surface area contributed by atoms with E-state index in [1.165, 1.54) is 30.2 Å². The first kappa shape index (κ1) is 19.0. The number of hydrogen-bond acceptors (Lipinski definition) is 4. The van der Waals surface area contributed by atoms with Crippen LogP contribution < -0.4 is 4.74 Å². The molecule has 138 valence electrons. The summed E-state index contributed by atoms with van der Waals surface area (Å²) in [5.74, 6) is -1.55. The predicted molar refractivity (Wildman–Crippen MR) is 80.2 cm³/mol. The second-order valence-corrected chi connectivity index (χ2v) is 5.72. The van der Waals surface area contributed by atoms with Gasteiger partial charge in [-0.15, -0.1) is 0 Å². The van der Waals surface area contributed by atoms with E-state index in [4.69, 9.17) is 4.74 Å². The summed E-state index contributed by atoms with van der Waals surface area (Å²) in [5.41, 5.74) is 0.440. The molecule has 1 aromatic carbocycles. The lowest BCUT2D eigenvalue weighted by Crippen LogP contribution is -2.41. The van der Waals surface area contributed by atoms with Crippen molar-refractivity contribution in [3.05, 3.63) is 29.8 Å². The zero-order valence-corrected chi connectivity index (χ0v) is 13.5. The van der Waals surface area contributed by atoms with Crippen LogP contribution >= 0.6 is 0 Å². The van der Waals surface area contributed by atoms with E-state index >= 15 is 0 Å². The van der Waals surface area contributed by atoms with Crippen molar-refractivity contribution in [3.63, 3.8) is 0 Å². The van der Waals surface area contributed by atoms with Gasteiger partial charge >= 0.3 is 12.1 Å². The van der Waals surface area contributed by atoms with Crippen molar-refractivity contribution < 1.29 is 37.3 Å². The summed E-state index contributed by atoms with van der Waals surface area (Å²) >= 11 is 0. The molecule has 1 aliphatic heterocycles. The minimum Gasteiger partial charge on any atom is -0.484 e. The Balaban J connectivity index is 2.03. The van der Waals surface area contributed by atoms with Gasteiger partial charge in [0.05, 0.1) is 12.5 Å². The number of alkyl halides is 3. The number of benzene rings is 1. The van der Waals surface area contributed by atoms with Gasteiger partial charge in [-0.25, -0.2) is 4.79 Å². The van der Waals surface area contributed by atoms with Gasteiger partial charge in [0.25, 0.3) is 0 Å². The summed E-state index contributed by atoms with van der Waals surface area (Å²) in [6.07, 6.45) is -4.74. The molecule has 2 atom stereocenters. The second-order valence-electron chi connectivity index (χ2n) is 5.72. The number of ether oxygens (including phenoxy) is 2. The molecule has 0 spiro atoms. The summed E-state index contributed by atoms with van der Waals surface area (Å²) in [5, 5.41) is 9.23. The smallest absolute Gasteiger partial charge is 0.422 e. The van der Waals surface area contributed by atoms with Crippen molar-refractivity contribution in [3.8, 4) is 5.75 Å². The molecule has 1 aromatic rings. The Morgan fingerprint density at radius 1 is 1.36 bits per heavy atom. The Morgan fingerprint density at radius 3 is 2.68 bits per heavy atom. The van der Waals surface area contributed by atoms with Crippen LogP contribution in [0, 0.1) is 0 Å². The molecule has 2 unspecified atom stereocenters. The average molecular weight is 361 g/mol. The van der Waals surface area contributed by atoms with E-state index in [0.717, 1.165) is 0 Å². The Hall–Kier alpha value is -2.29. The van der Waals surface area contributed by atoms with Crippen molar-refractivity contribution in [2.24, 2.45) is 0 Å². The maximum Gasteiger partial charge on any atom is 0.422 e. The van der Waals surface area contributed by atoms with Crippen LogP contribution in [-0.2, 0) is 20.7 Å². The van der Waals surface area contributed by atoms with E-state index in [1.807, 2.05) is 0 Å². The molecule has 1 amide bonds. The summed E-state index contributed by atoms with van der Waals surface area (Å²) in [7, 11) is 1.44. The number of carbonyl (C=O) groups is 2. The van der Waals surface area contributed by atoms with Gasteiger partial charge in [0, 0.05) is 20.1 Å². The fourth-order valence-electron chi connectivity index (χ4n) is 2.66. The number of carboxylic acid groups (broad SMARTS) is 1. The fourth-order valence-corrected chi connectivity index (χ4v) is 2.66. The van der Waals surface area contributed by atoms with Crippen molar-refractivity contribution in [1.29, 1.82) is 0 Å². The number of amides is 1. The Kier molecular flexibility index (Phi) is 5.89. The van der Waals surface area contributed by atoms with Gasteiger partial charge in [0.2, 0.25) is 5.91 Å². The monoisotopic (exact) mass is 361 g/mol. The topological polar surface area (TPSA) is 76.1 Å². The number of aliphatic carboxylic acids is 1. The van der Waals surface area contributed by atoms with Gasteiger partial charge in [-0.2, -0.15) is 13.2 Å². The number of carbonyl (C=O) groups excluding carboxylic acids is 1. The average Bonchev–Trinajstić information content (AvgIpc) is 2.97. The Morgan fingerprint density at radius 2 is 2.08 bits per heavy atom. The van der Waals surface area contributed by atoms with E-state index in [2.05, 4.69) is 4.74 Å². The van der Waals surface area contributed by atoms with Gasteiger partial charge in [0.15, 0.2) is 6.61 Å². The van der Waals surface area contributed by atoms with Gasteiger partial charge in [-0.1, -0.05) is 12.1 Å². The first-order valence-corrected chi connectivity index (χ1v) is 7.53. The number of hydrogen-bond donors (Lipinski definition) is 1. The highest BCUT2D eigenvalue weighted by molar-refractivity contribution is 5.85. The molecule has 0 aromatic heterocycles. The van der Waals surface area contributed by atoms with E-state index in [9.17, 15) is 27.9 Å². The predicted octanol–water partition coefficient (Wildman–Crippen LogP) is 1.87. The molecule has 9 heteroatoms. The van der Waals surface area contributed by atoms with Gasteiger partial charge in [-0.05, 0) is 17.7 Å². The maximum atomic E-state index is 12.4. The lowest BCUT2D eigenvalue weighted by Gasteiger charge is -2.21. The molecule has 25 heavy (non-hydrogen) atoms. The quantitative estimate of drug-likeness (QED) is 0.837. The van der Waals surface area contributed by atoms with Crippen LogP contribution in [0.2, 0.25) is 0 Å². The normalized spacial score (nSPS) is 20.6. The van der Waals surface area contributed by atoms with Gasteiger partial charge < -0.3 is 19.5 Å². The van der Waals surface area contributed by atoms with E-state index < -0.39 is 30.7 Å². The lowest BCUT2D eigenvalue weighted by molar-refractivity contribution is -0.153. The molecule has 1 heterocycles. The molecule has 0 bridgehead atoms. The molecule has 0 radical (unpaired) electrons. The molecule has 2 rings (SSSR count). The molecule has 0 saturated carbocycles. The standard InChI is InChI=1S/C16H18F3NO5/c1-24-12-7-13(15(22)23)20(8-12)14(21)6-10-3-2-4-11(5-10)25-9-16(17,18)19/h2-5,12-13H,6-9H2,1H3,(H,22,23). The van der Waals surface area contributed by atoms with Crippen molar-refractivity contribution >= 4 is 11.9 Å².